The molecule has 2 heterocycles. The van der Waals surface area contributed by atoms with Crippen molar-refractivity contribution in [3.63, 3.8) is 0 Å². The zero-order valence-electron chi connectivity index (χ0n) is 12.4. The van der Waals surface area contributed by atoms with Crippen LogP contribution in [-0.4, -0.2) is 17.2 Å². The number of furan rings is 1. The number of hydrogen-bond donors (Lipinski definition) is 0. The van der Waals surface area contributed by atoms with Crippen LogP contribution in [0.15, 0.2) is 41.0 Å². The molecule has 0 saturated heterocycles. The van der Waals surface area contributed by atoms with E-state index in [9.17, 15) is 4.39 Å². The van der Waals surface area contributed by atoms with Gasteiger partial charge in [0.15, 0.2) is 0 Å². The Bertz CT molecular complexity index is 751. The van der Waals surface area contributed by atoms with Gasteiger partial charge >= 0.3 is 0 Å². The molecule has 0 saturated carbocycles. The molecular weight excluding hydrogens is 301 g/mol. The van der Waals surface area contributed by atoms with Crippen LogP contribution in [0.5, 0.6) is 0 Å². The molecule has 0 spiro atoms. The Hall–Kier alpha value is -2.21. The first-order chi connectivity index (χ1) is 10.6. The number of benzene rings is 1. The van der Waals surface area contributed by atoms with Gasteiger partial charge in [0, 0.05) is 25.6 Å². The Labute approximate surface area is 132 Å². The first kappa shape index (κ1) is 14.7. The highest BCUT2D eigenvalue weighted by molar-refractivity contribution is 7.15. The molecule has 6 heteroatoms. The third kappa shape index (κ3) is 3.33. The predicted molar refractivity (Wildman–Crippen MR) is 84.7 cm³/mol. The van der Waals surface area contributed by atoms with Crippen LogP contribution in [0.2, 0.25) is 0 Å². The van der Waals surface area contributed by atoms with Gasteiger partial charge < -0.3 is 9.32 Å². The predicted octanol–water partition coefficient (Wildman–Crippen LogP) is 3.81. The van der Waals surface area contributed by atoms with Crippen LogP contribution in [0.4, 0.5) is 9.52 Å². The summed E-state index contributed by atoms with van der Waals surface area (Å²) in [4.78, 5) is 2.05. The number of aryl methyl sites for hydroxylation is 1. The maximum Gasteiger partial charge on any atom is 0.208 e. The molecular formula is C16H16FN3OS. The van der Waals surface area contributed by atoms with Crippen molar-refractivity contribution in [2.75, 3.05) is 11.9 Å². The molecule has 0 unspecified atom stereocenters. The maximum absolute atomic E-state index is 12.9. The minimum atomic E-state index is -0.225. The fraction of sp³-hybridized carbons (Fsp3) is 0.250. The summed E-state index contributed by atoms with van der Waals surface area (Å²) >= 11 is 1.55. The fourth-order valence-corrected chi connectivity index (χ4v) is 2.98. The molecule has 0 fully saturated rings. The molecule has 1 aromatic carbocycles. The Morgan fingerprint density at radius 3 is 2.64 bits per heavy atom. The van der Waals surface area contributed by atoms with Crippen molar-refractivity contribution in [3.05, 3.63) is 64.3 Å². The van der Waals surface area contributed by atoms with E-state index in [1.165, 1.54) is 12.1 Å². The lowest BCUT2D eigenvalue weighted by atomic mass is 10.2. The van der Waals surface area contributed by atoms with Crippen LogP contribution in [0.3, 0.4) is 0 Å². The topological polar surface area (TPSA) is 42.2 Å². The number of nitrogens with zero attached hydrogens (tertiary/aromatic N) is 3. The molecule has 0 N–H and O–H groups in total. The standard InChI is InChI=1S/C16H16FN3OS/c1-11-13(7-8-21-11)10-20(2)16-19-18-15(22-16)9-12-3-5-14(17)6-4-12/h3-8H,9-10H2,1-2H3. The van der Waals surface area contributed by atoms with Crippen LogP contribution in [0.25, 0.3) is 0 Å². The van der Waals surface area contributed by atoms with Crippen molar-refractivity contribution in [2.24, 2.45) is 0 Å². The molecule has 4 nitrogen and oxygen atoms in total. The third-order valence-electron chi connectivity index (χ3n) is 3.43. The summed E-state index contributed by atoms with van der Waals surface area (Å²) < 4.78 is 18.2. The van der Waals surface area contributed by atoms with Crippen molar-refractivity contribution in [3.8, 4) is 0 Å². The molecule has 0 aliphatic carbocycles. The Kier molecular flexibility index (Phi) is 4.20. The van der Waals surface area contributed by atoms with Gasteiger partial charge in [0.25, 0.3) is 0 Å². The number of anilines is 1. The lowest BCUT2D eigenvalue weighted by Gasteiger charge is -2.13. The molecule has 114 valence electrons. The highest BCUT2D eigenvalue weighted by Crippen LogP contribution is 2.23. The lowest BCUT2D eigenvalue weighted by Crippen LogP contribution is -2.16. The average Bonchev–Trinajstić information content (AvgIpc) is 3.12. The van der Waals surface area contributed by atoms with E-state index in [0.29, 0.717) is 6.42 Å². The van der Waals surface area contributed by atoms with E-state index in [-0.39, 0.29) is 5.82 Å². The van der Waals surface area contributed by atoms with Crippen LogP contribution in [0, 0.1) is 12.7 Å². The van der Waals surface area contributed by atoms with Crippen LogP contribution in [0.1, 0.15) is 21.9 Å². The van der Waals surface area contributed by atoms with Crippen LogP contribution < -0.4 is 4.90 Å². The van der Waals surface area contributed by atoms with Gasteiger partial charge in [0.05, 0.1) is 6.26 Å². The van der Waals surface area contributed by atoms with E-state index in [4.69, 9.17) is 4.42 Å². The second kappa shape index (κ2) is 6.27. The smallest absolute Gasteiger partial charge is 0.208 e. The van der Waals surface area contributed by atoms with Gasteiger partial charge in [-0.2, -0.15) is 0 Å². The average molecular weight is 317 g/mol. The summed E-state index contributed by atoms with van der Waals surface area (Å²) in [5, 5.41) is 10.2. The van der Waals surface area contributed by atoms with Gasteiger partial charge in [-0.1, -0.05) is 23.5 Å². The van der Waals surface area contributed by atoms with Gasteiger partial charge in [-0.25, -0.2) is 4.39 Å². The van der Waals surface area contributed by atoms with E-state index in [0.717, 1.165) is 33.6 Å². The molecule has 0 atom stereocenters. The molecule has 3 rings (SSSR count). The second-order valence-electron chi connectivity index (χ2n) is 5.14. The van der Waals surface area contributed by atoms with Gasteiger partial charge in [0.2, 0.25) is 5.13 Å². The van der Waals surface area contributed by atoms with Gasteiger partial charge in [0.1, 0.15) is 16.6 Å². The van der Waals surface area contributed by atoms with Gasteiger partial charge in [-0.05, 0) is 30.7 Å². The zero-order chi connectivity index (χ0) is 15.5. The molecule has 0 radical (unpaired) electrons. The highest BCUT2D eigenvalue weighted by atomic mass is 32.1. The summed E-state index contributed by atoms with van der Waals surface area (Å²) in [7, 11) is 1.98. The van der Waals surface area contributed by atoms with Crippen molar-refractivity contribution >= 4 is 16.5 Å². The highest BCUT2D eigenvalue weighted by Gasteiger charge is 2.12. The largest absolute Gasteiger partial charge is 0.469 e. The number of halogens is 1. The monoisotopic (exact) mass is 317 g/mol. The first-order valence-electron chi connectivity index (χ1n) is 6.93. The Morgan fingerprint density at radius 1 is 1.18 bits per heavy atom. The number of hydrogen-bond acceptors (Lipinski definition) is 5. The number of rotatable bonds is 5. The Morgan fingerprint density at radius 2 is 1.95 bits per heavy atom. The maximum atomic E-state index is 12.9. The van der Waals surface area contributed by atoms with Crippen LogP contribution >= 0.6 is 11.3 Å². The molecule has 2 aromatic heterocycles. The first-order valence-corrected chi connectivity index (χ1v) is 7.74. The fourth-order valence-electron chi connectivity index (χ4n) is 2.15. The quantitative estimate of drug-likeness (QED) is 0.718. The number of aromatic nitrogens is 2. The summed E-state index contributed by atoms with van der Waals surface area (Å²) in [6.07, 6.45) is 2.36. The van der Waals surface area contributed by atoms with Crippen molar-refractivity contribution in [1.82, 2.24) is 10.2 Å². The van der Waals surface area contributed by atoms with Gasteiger partial charge in [-0.3, -0.25) is 0 Å². The van der Waals surface area contributed by atoms with Crippen molar-refractivity contribution < 1.29 is 8.81 Å². The zero-order valence-corrected chi connectivity index (χ0v) is 13.2. The molecule has 0 amide bonds. The van der Waals surface area contributed by atoms with Gasteiger partial charge in [-0.15, -0.1) is 10.2 Å². The summed E-state index contributed by atoms with van der Waals surface area (Å²) in [6.45, 7) is 2.68. The van der Waals surface area contributed by atoms with E-state index in [1.54, 1.807) is 29.7 Å². The summed E-state index contributed by atoms with van der Waals surface area (Å²) in [5.41, 5.74) is 2.16. The molecule has 0 aliphatic heterocycles. The van der Waals surface area contributed by atoms with Crippen molar-refractivity contribution in [1.29, 1.82) is 0 Å². The van der Waals surface area contributed by atoms with E-state index in [2.05, 4.69) is 10.2 Å². The van der Waals surface area contributed by atoms with E-state index < -0.39 is 0 Å². The molecule has 22 heavy (non-hydrogen) atoms. The van der Waals surface area contributed by atoms with E-state index >= 15 is 0 Å². The SMILES string of the molecule is Cc1occc1CN(C)c1nnc(Cc2ccc(F)cc2)s1. The normalized spacial score (nSPS) is 10.9. The minimum absolute atomic E-state index is 0.225. The van der Waals surface area contributed by atoms with E-state index in [1.807, 2.05) is 24.9 Å². The molecule has 0 bridgehead atoms. The molecule has 0 aliphatic rings. The Balaban J connectivity index is 1.67. The third-order valence-corrected chi connectivity index (χ3v) is 4.46. The lowest BCUT2D eigenvalue weighted by molar-refractivity contribution is 0.529. The summed E-state index contributed by atoms with van der Waals surface area (Å²) in [5.74, 6) is 0.694. The van der Waals surface area contributed by atoms with Crippen LogP contribution in [-0.2, 0) is 13.0 Å². The van der Waals surface area contributed by atoms with Crippen molar-refractivity contribution in [2.45, 2.75) is 19.9 Å². The summed E-state index contributed by atoms with van der Waals surface area (Å²) in [6, 6.07) is 8.44. The molecule has 3 aromatic rings. The minimum Gasteiger partial charge on any atom is -0.469 e. The second-order valence-corrected chi connectivity index (χ2v) is 6.18.